The lowest BCUT2D eigenvalue weighted by Crippen LogP contribution is -2.57. The number of piperidine rings is 1. The van der Waals surface area contributed by atoms with Gasteiger partial charge in [0.1, 0.15) is 0 Å². The summed E-state index contributed by atoms with van der Waals surface area (Å²) < 4.78 is 0. The van der Waals surface area contributed by atoms with Gasteiger partial charge in [0.15, 0.2) is 0 Å². The average molecular weight is 429 g/mol. The lowest BCUT2D eigenvalue weighted by atomic mass is 9.73. The fraction of sp³-hybridized carbons (Fsp3) is 0.625. The summed E-state index contributed by atoms with van der Waals surface area (Å²) in [6.45, 7) is 12.1. The van der Waals surface area contributed by atoms with Crippen molar-refractivity contribution in [2.75, 3.05) is 32.4 Å². The summed E-state index contributed by atoms with van der Waals surface area (Å²) in [4.78, 5) is 22.3. The largest absolute Gasteiger partial charge is 0.358 e. The van der Waals surface area contributed by atoms with E-state index in [0.717, 1.165) is 45.4 Å². The topological polar surface area (TPSA) is 51.4 Å². The number of H-pyrrole nitrogens is 1. The molecule has 1 fully saturated rings. The first-order chi connectivity index (χ1) is 14.5. The molecule has 1 aliphatic heterocycles. The molecule has 4 rings (SSSR count). The Morgan fingerprint density at radius 3 is 2.73 bits per heavy atom. The van der Waals surface area contributed by atoms with Crippen molar-refractivity contribution >= 4 is 28.7 Å². The minimum absolute atomic E-state index is 0.0805. The minimum atomic E-state index is 0.0805. The van der Waals surface area contributed by atoms with Crippen molar-refractivity contribution in [2.24, 2.45) is 0 Å². The fourth-order valence-electron chi connectivity index (χ4n) is 5.65. The van der Waals surface area contributed by atoms with Crippen LogP contribution < -0.4 is 5.32 Å². The van der Waals surface area contributed by atoms with Crippen LogP contribution in [-0.2, 0) is 6.42 Å². The molecule has 2 N–H and O–H groups in total. The number of amides is 2. The number of aryl methyl sites for hydroxylation is 1. The van der Waals surface area contributed by atoms with Gasteiger partial charge < -0.3 is 15.2 Å². The van der Waals surface area contributed by atoms with Crippen LogP contribution in [0.15, 0.2) is 17.0 Å². The van der Waals surface area contributed by atoms with Crippen molar-refractivity contribution in [3.63, 3.8) is 0 Å². The second kappa shape index (κ2) is 8.83. The molecule has 1 saturated heterocycles. The summed E-state index contributed by atoms with van der Waals surface area (Å²) in [5.74, 6) is 0.463. The van der Waals surface area contributed by atoms with Gasteiger partial charge in [-0.1, -0.05) is 6.92 Å². The van der Waals surface area contributed by atoms with Crippen molar-refractivity contribution in [3.05, 3.63) is 29.0 Å². The van der Waals surface area contributed by atoms with E-state index >= 15 is 0 Å². The van der Waals surface area contributed by atoms with Crippen LogP contribution in [0.25, 0.3) is 10.9 Å². The normalized spacial score (nSPS) is 23.4. The summed E-state index contributed by atoms with van der Waals surface area (Å²) in [5, 5.41) is 4.81. The summed E-state index contributed by atoms with van der Waals surface area (Å²) in [5.41, 5.74) is 5.58. The summed E-state index contributed by atoms with van der Waals surface area (Å²) >= 11 is 1.81. The number of fused-ring (bicyclic) bond motifs is 2. The molecule has 2 heterocycles. The zero-order valence-corrected chi connectivity index (χ0v) is 19.9. The second-order valence-corrected chi connectivity index (χ2v) is 9.67. The zero-order chi connectivity index (χ0) is 21.4. The van der Waals surface area contributed by atoms with E-state index in [2.05, 4.69) is 47.4 Å². The highest BCUT2D eigenvalue weighted by molar-refractivity contribution is 7.98. The smallest absolute Gasteiger partial charge is 0.317 e. The molecule has 5 nitrogen and oxygen atoms in total. The first kappa shape index (κ1) is 21.6. The van der Waals surface area contributed by atoms with E-state index in [1.807, 2.05) is 30.5 Å². The lowest BCUT2D eigenvalue weighted by Gasteiger charge is -2.47. The predicted molar refractivity (Wildman–Crippen MR) is 127 cm³/mol. The Bertz CT molecular complexity index is 920. The highest BCUT2D eigenvalue weighted by Crippen LogP contribution is 2.45. The van der Waals surface area contributed by atoms with Gasteiger partial charge in [-0.15, -0.1) is 11.8 Å². The van der Waals surface area contributed by atoms with Gasteiger partial charge in [0.2, 0.25) is 0 Å². The Balaban J connectivity index is 1.71. The third-order valence-electron chi connectivity index (χ3n) is 7.08. The second-order valence-electron chi connectivity index (χ2n) is 8.80. The first-order valence-corrected chi connectivity index (χ1v) is 12.7. The number of carbonyl (C=O) groups is 1. The molecule has 164 valence electrons. The van der Waals surface area contributed by atoms with Crippen LogP contribution in [0.5, 0.6) is 0 Å². The molecule has 3 atom stereocenters. The maximum Gasteiger partial charge on any atom is 0.317 e. The number of aromatic amines is 1. The molecule has 0 bridgehead atoms. The lowest BCUT2D eigenvalue weighted by molar-refractivity contribution is 0.0978. The third kappa shape index (κ3) is 3.73. The van der Waals surface area contributed by atoms with E-state index in [4.69, 9.17) is 0 Å². The zero-order valence-electron chi connectivity index (χ0n) is 19.0. The molecule has 1 unspecified atom stereocenters. The van der Waals surface area contributed by atoms with Gasteiger partial charge in [-0.25, -0.2) is 4.79 Å². The number of hydrogen-bond acceptors (Lipinski definition) is 3. The van der Waals surface area contributed by atoms with E-state index in [1.54, 1.807) is 0 Å². The molecule has 1 aliphatic carbocycles. The Hall–Kier alpha value is -1.66. The van der Waals surface area contributed by atoms with Gasteiger partial charge in [-0.2, -0.15) is 0 Å². The van der Waals surface area contributed by atoms with Crippen LogP contribution >= 0.6 is 11.8 Å². The molecule has 6 heteroatoms. The molecule has 0 radical (unpaired) electrons. The van der Waals surface area contributed by atoms with Crippen LogP contribution in [0.3, 0.4) is 0 Å². The molecule has 2 aliphatic rings. The molecule has 1 aromatic heterocycles. The number of carbonyl (C=O) groups excluding carboxylic acids is 1. The molecular formula is C24H36N4OS. The van der Waals surface area contributed by atoms with Crippen molar-refractivity contribution in [2.45, 2.75) is 69.9 Å². The highest BCUT2D eigenvalue weighted by atomic mass is 32.2. The van der Waals surface area contributed by atoms with Gasteiger partial charge in [0, 0.05) is 59.1 Å². The summed E-state index contributed by atoms with van der Waals surface area (Å²) in [7, 11) is 0. The molecule has 0 spiro atoms. The number of rotatable bonds is 6. The van der Waals surface area contributed by atoms with E-state index in [0.29, 0.717) is 12.0 Å². The number of likely N-dealkylation sites (tertiary alicyclic amines) is 1. The number of nitrogens with zero attached hydrogens (tertiary/aromatic N) is 2. The average Bonchev–Trinajstić information content (AvgIpc) is 3.05. The molecule has 0 saturated carbocycles. The minimum Gasteiger partial charge on any atom is -0.358 e. The first-order valence-electron chi connectivity index (χ1n) is 11.5. The SMILES string of the molecule is CCCN1C[C@@H](NC(=O)N(CC)CC)CC2c3cc(SC)cc4[nH]c(C)c(c34)C[C@H]21. The molecule has 2 amide bonds. The fourth-order valence-corrected chi connectivity index (χ4v) is 6.13. The molecule has 30 heavy (non-hydrogen) atoms. The van der Waals surface area contributed by atoms with Gasteiger partial charge in [0.25, 0.3) is 0 Å². The maximum atomic E-state index is 12.8. The number of thioether (sulfide) groups is 1. The van der Waals surface area contributed by atoms with E-state index in [-0.39, 0.29) is 12.1 Å². The Morgan fingerprint density at radius 2 is 2.07 bits per heavy atom. The predicted octanol–water partition coefficient (Wildman–Crippen LogP) is 4.74. The monoisotopic (exact) mass is 428 g/mol. The van der Waals surface area contributed by atoms with Crippen molar-refractivity contribution in [1.82, 2.24) is 20.1 Å². The van der Waals surface area contributed by atoms with Crippen molar-refractivity contribution < 1.29 is 4.79 Å². The summed E-state index contributed by atoms with van der Waals surface area (Å²) in [6.07, 6.45) is 5.43. The number of nitrogens with one attached hydrogen (secondary N) is 2. The van der Waals surface area contributed by atoms with Crippen molar-refractivity contribution in [3.8, 4) is 0 Å². The maximum absolute atomic E-state index is 12.8. The standard InChI is InChI=1S/C24H36N4OS/c1-6-9-28-14-16(26-24(29)27(7-2)8-3)10-19-20-11-17(30-5)12-21-23(20)18(13-22(19)28)15(4)25-21/h11-12,16,19,22,25H,6-10,13-14H2,1-5H3,(H,26,29)/t16-,19?,22+/m0/s1. The van der Waals surface area contributed by atoms with Crippen LogP contribution in [0, 0.1) is 6.92 Å². The van der Waals surface area contributed by atoms with Gasteiger partial charge >= 0.3 is 6.03 Å². The van der Waals surface area contributed by atoms with Gasteiger partial charge in [0.05, 0.1) is 0 Å². The highest BCUT2D eigenvalue weighted by Gasteiger charge is 2.41. The number of benzene rings is 1. The third-order valence-corrected chi connectivity index (χ3v) is 7.79. The van der Waals surface area contributed by atoms with Gasteiger partial charge in [-0.05, 0) is 76.1 Å². The molecule has 1 aromatic carbocycles. The Morgan fingerprint density at radius 1 is 1.30 bits per heavy atom. The van der Waals surface area contributed by atoms with Crippen molar-refractivity contribution in [1.29, 1.82) is 0 Å². The Kier molecular flexibility index (Phi) is 6.35. The van der Waals surface area contributed by atoms with Gasteiger partial charge in [-0.3, -0.25) is 4.90 Å². The van der Waals surface area contributed by atoms with Crippen LogP contribution in [0.4, 0.5) is 4.79 Å². The quantitative estimate of drug-likeness (QED) is 0.653. The van der Waals surface area contributed by atoms with Crippen LogP contribution in [0.2, 0.25) is 0 Å². The van der Waals surface area contributed by atoms with E-state index in [1.165, 1.54) is 32.6 Å². The molecular weight excluding hydrogens is 392 g/mol. The summed E-state index contributed by atoms with van der Waals surface area (Å²) in [6, 6.07) is 5.51. The van der Waals surface area contributed by atoms with Crippen LogP contribution in [-0.4, -0.2) is 65.3 Å². The number of hydrogen-bond donors (Lipinski definition) is 2. The van der Waals surface area contributed by atoms with Crippen LogP contribution in [0.1, 0.15) is 56.4 Å². The Labute approximate surface area is 185 Å². The van der Waals surface area contributed by atoms with E-state index in [9.17, 15) is 4.79 Å². The number of urea groups is 1. The number of aromatic nitrogens is 1. The van der Waals surface area contributed by atoms with E-state index < -0.39 is 0 Å². The molecule has 2 aromatic rings.